The molecule has 0 saturated heterocycles. The normalized spacial score (nSPS) is 10.8. The summed E-state index contributed by atoms with van der Waals surface area (Å²) in [5.41, 5.74) is 7.37. The lowest BCUT2D eigenvalue weighted by Gasteiger charge is -2.11. The highest BCUT2D eigenvalue weighted by Gasteiger charge is 2.11. The molecule has 0 unspecified atom stereocenters. The van der Waals surface area contributed by atoms with Crippen molar-refractivity contribution < 1.29 is 0 Å². The third-order valence-corrected chi connectivity index (χ3v) is 3.53. The number of nitrogens with two attached hydrogens (primary N) is 1. The van der Waals surface area contributed by atoms with E-state index >= 15 is 0 Å². The minimum atomic E-state index is -0.202. The molecule has 0 aliphatic heterocycles. The van der Waals surface area contributed by atoms with Gasteiger partial charge in [-0.2, -0.15) is 0 Å². The van der Waals surface area contributed by atoms with Crippen LogP contribution in [0.15, 0.2) is 52.5 Å². The second kappa shape index (κ2) is 4.97. The monoisotopic (exact) mass is 284 g/mol. The fraction of sp³-hybridized carbons (Fsp3) is 0.0714. The van der Waals surface area contributed by atoms with Gasteiger partial charge in [-0.25, -0.2) is 9.97 Å². The Kier molecular flexibility index (Phi) is 3.15. The molecule has 0 spiro atoms. The van der Waals surface area contributed by atoms with Gasteiger partial charge in [0, 0.05) is 18.0 Å². The van der Waals surface area contributed by atoms with Crippen molar-refractivity contribution in [2.24, 2.45) is 0 Å². The molecule has 1 aromatic carbocycles. The fourth-order valence-corrected chi connectivity index (χ4v) is 2.37. The predicted molar refractivity (Wildman–Crippen MR) is 81.3 cm³/mol. The maximum atomic E-state index is 12.3. The van der Waals surface area contributed by atoms with E-state index in [1.165, 1.54) is 17.8 Å². The lowest BCUT2D eigenvalue weighted by Crippen LogP contribution is -2.20. The molecule has 100 valence electrons. The van der Waals surface area contributed by atoms with Crippen LogP contribution in [0, 0.1) is 0 Å². The Bertz CT molecular complexity index is 830. The quantitative estimate of drug-likeness (QED) is 0.576. The number of rotatable bonds is 2. The number of hydrogen-bond acceptors (Lipinski definition) is 5. The highest BCUT2D eigenvalue weighted by atomic mass is 32.2. The van der Waals surface area contributed by atoms with Crippen molar-refractivity contribution in [1.29, 1.82) is 0 Å². The first-order valence-electron chi connectivity index (χ1n) is 5.98. The van der Waals surface area contributed by atoms with E-state index in [-0.39, 0.29) is 5.56 Å². The Morgan fingerprint density at radius 3 is 2.70 bits per heavy atom. The number of thioether (sulfide) groups is 1. The zero-order chi connectivity index (χ0) is 14.1. The molecule has 5 nitrogen and oxygen atoms in total. The Hall–Kier alpha value is -2.34. The van der Waals surface area contributed by atoms with Crippen molar-refractivity contribution in [3.63, 3.8) is 0 Å². The van der Waals surface area contributed by atoms with Gasteiger partial charge in [-0.05, 0) is 18.4 Å². The zero-order valence-corrected chi connectivity index (χ0v) is 11.6. The van der Waals surface area contributed by atoms with Gasteiger partial charge in [-0.3, -0.25) is 9.36 Å². The number of benzene rings is 1. The van der Waals surface area contributed by atoms with Crippen molar-refractivity contribution in [1.82, 2.24) is 14.5 Å². The average molecular weight is 284 g/mol. The highest BCUT2D eigenvalue weighted by molar-refractivity contribution is 7.98. The van der Waals surface area contributed by atoms with Crippen LogP contribution in [0.4, 0.5) is 5.69 Å². The predicted octanol–water partition coefficient (Wildman–Crippen LogP) is 2.08. The molecule has 0 bridgehead atoms. The number of fused-ring (bicyclic) bond motifs is 1. The van der Waals surface area contributed by atoms with Gasteiger partial charge in [0.2, 0.25) is 0 Å². The summed E-state index contributed by atoms with van der Waals surface area (Å²) in [5, 5.41) is 1.28. The van der Waals surface area contributed by atoms with E-state index in [1.807, 2.05) is 36.6 Å². The summed E-state index contributed by atoms with van der Waals surface area (Å²) in [7, 11) is 0. The first-order valence-corrected chi connectivity index (χ1v) is 7.21. The molecule has 3 aromatic rings. The minimum Gasteiger partial charge on any atom is -0.398 e. The molecule has 3 rings (SSSR count). The van der Waals surface area contributed by atoms with Gasteiger partial charge in [0.1, 0.15) is 0 Å². The fourth-order valence-electron chi connectivity index (χ4n) is 2.04. The molecule has 2 N–H and O–H groups in total. The summed E-state index contributed by atoms with van der Waals surface area (Å²) >= 11 is 1.42. The Morgan fingerprint density at radius 1 is 1.25 bits per heavy atom. The lowest BCUT2D eigenvalue weighted by atomic mass is 10.2. The summed E-state index contributed by atoms with van der Waals surface area (Å²) in [5.74, 6) is 0. The van der Waals surface area contributed by atoms with E-state index in [9.17, 15) is 4.79 Å². The number of pyridine rings is 1. The van der Waals surface area contributed by atoms with E-state index in [4.69, 9.17) is 5.73 Å². The van der Waals surface area contributed by atoms with Crippen molar-refractivity contribution in [2.75, 3.05) is 12.0 Å². The number of nitrogen functional groups attached to an aromatic ring is 1. The van der Waals surface area contributed by atoms with E-state index in [0.29, 0.717) is 21.9 Å². The second-order valence-electron chi connectivity index (χ2n) is 4.20. The summed E-state index contributed by atoms with van der Waals surface area (Å²) in [6, 6.07) is 10.8. The average Bonchev–Trinajstić information content (AvgIpc) is 2.47. The van der Waals surface area contributed by atoms with Crippen LogP contribution in [-0.4, -0.2) is 20.8 Å². The topological polar surface area (TPSA) is 73.8 Å². The Labute approximate surface area is 119 Å². The van der Waals surface area contributed by atoms with Gasteiger partial charge < -0.3 is 5.73 Å². The smallest absolute Gasteiger partial charge is 0.258 e. The molecule has 2 aromatic heterocycles. The number of aromatic nitrogens is 3. The maximum absolute atomic E-state index is 12.3. The number of hydrogen-bond donors (Lipinski definition) is 1. The number of nitrogens with zero attached hydrogens (tertiary/aromatic N) is 3. The van der Waals surface area contributed by atoms with Crippen molar-refractivity contribution in [3.05, 3.63) is 52.9 Å². The summed E-state index contributed by atoms with van der Waals surface area (Å²) in [6.45, 7) is 0. The number of para-hydroxylation sites is 1. The molecule has 20 heavy (non-hydrogen) atoms. The first kappa shape index (κ1) is 12.7. The zero-order valence-electron chi connectivity index (χ0n) is 10.8. The van der Waals surface area contributed by atoms with Crippen molar-refractivity contribution in [3.8, 4) is 5.69 Å². The van der Waals surface area contributed by atoms with Gasteiger partial charge in [-0.1, -0.05) is 30.0 Å². The van der Waals surface area contributed by atoms with E-state index < -0.39 is 0 Å². The minimum absolute atomic E-state index is 0.202. The second-order valence-corrected chi connectivity index (χ2v) is 4.98. The Balaban J connectivity index is 2.44. The molecule has 0 aliphatic carbocycles. The maximum Gasteiger partial charge on any atom is 0.258 e. The lowest BCUT2D eigenvalue weighted by molar-refractivity contribution is 0.939. The van der Waals surface area contributed by atoms with Crippen LogP contribution >= 0.6 is 11.8 Å². The SMILES string of the molecule is CSc1ncc2c(N)cc(=O)n(-c3ccccc3)c2n1. The standard InChI is InChI=1S/C14H12N4OS/c1-20-14-16-8-10-11(15)7-12(19)18(13(10)17-14)9-5-3-2-4-6-9/h2-8H,15H2,1H3. The van der Waals surface area contributed by atoms with Gasteiger partial charge in [0.25, 0.3) is 5.56 Å². The molecule has 0 atom stereocenters. The summed E-state index contributed by atoms with van der Waals surface area (Å²) in [6.07, 6.45) is 3.54. The highest BCUT2D eigenvalue weighted by Crippen LogP contribution is 2.21. The molecule has 0 aliphatic rings. The third kappa shape index (κ3) is 2.04. The van der Waals surface area contributed by atoms with Crippen LogP contribution in [0.5, 0.6) is 0 Å². The molecule has 2 heterocycles. The van der Waals surface area contributed by atoms with Gasteiger partial charge in [-0.15, -0.1) is 0 Å². The molecular weight excluding hydrogens is 272 g/mol. The Morgan fingerprint density at radius 2 is 2.00 bits per heavy atom. The van der Waals surface area contributed by atoms with Gasteiger partial charge in [0.05, 0.1) is 11.1 Å². The van der Waals surface area contributed by atoms with Crippen LogP contribution < -0.4 is 11.3 Å². The van der Waals surface area contributed by atoms with Gasteiger partial charge in [0.15, 0.2) is 10.8 Å². The van der Waals surface area contributed by atoms with E-state index in [1.54, 1.807) is 10.8 Å². The molecule has 0 amide bonds. The van der Waals surface area contributed by atoms with E-state index in [0.717, 1.165) is 5.69 Å². The van der Waals surface area contributed by atoms with Crippen LogP contribution in [0.3, 0.4) is 0 Å². The van der Waals surface area contributed by atoms with E-state index in [2.05, 4.69) is 9.97 Å². The van der Waals surface area contributed by atoms with Crippen LogP contribution in [0.25, 0.3) is 16.7 Å². The largest absolute Gasteiger partial charge is 0.398 e. The summed E-state index contributed by atoms with van der Waals surface area (Å²) in [4.78, 5) is 20.9. The summed E-state index contributed by atoms with van der Waals surface area (Å²) < 4.78 is 1.55. The van der Waals surface area contributed by atoms with Crippen LogP contribution in [-0.2, 0) is 0 Å². The molecule has 0 radical (unpaired) electrons. The van der Waals surface area contributed by atoms with Crippen LogP contribution in [0.1, 0.15) is 0 Å². The molecular formula is C14H12N4OS. The molecule has 0 fully saturated rings. The molecule has 0 saturated carbocycles. The van der Waals surface area contributed by atoms with Crippen molar-refractivity contribution in [2.45, 2.75) is 5.16 Å². The molecule has 6 heteroatoms. The third-order valence-electron chi connectivity index (χ3n) is 2.97. The van der Waals surface area contributed by atoms with Crippen molar-refractivity contribution >= 4 is 28.5 Å². The first-order chi connectivity index (χ1) is 9.70. The van der Waals surface area contributed by atoms with Gasteiger partial charge >= 0.3 is 0 Å². The van der Waals surface area contributed by atoms with Crippen LogP contribution in [0.2, 0.25) is 0 Å². The number of anilines is 1.